The van der Waals surface area contributed by atoms with Crippen LogP contribution in [0.3, 0.4) is 0 Å². The van der Waals surface area contributed by atoms with Crippen LogP contribution >= 0.6 is 0 Å². The van der Waals surface area contributed by atoms with Gasteiger partial charge in [0, 0.05) is 25.2 Å². The van der Waals surface area contributed by atoms with Crippen molar-refractivity contribution in [2.75, 3.05) is 7.11 Å². The fourth-order valence-corrected chi connectivity index (χ4v) is 4.83. The summed E-state index contributed by atoms with van der Waals surface area (Å²) in [6.45, 7) is 1.04. The van der Waals surface area contributed by atoms with Crippen molar-refractivity contribution in [2.24, 2.45) is 0 Å². The zero-order valence-electron chi connectivity index (χ0n) is 15.0. The molecular formula is C18H21N5O3S. The van der Waals surface area contributed by atoms with Crippen LogP contribution in [0.4, 0.5) is 0 Å². The van der Waals surface area contributed by atoms with Crippen molar-refractivity contribution < 1.29 is 13.2 Å². The molecule has 1 aliphatic rings. The van der Waals surface area contributed by atoms with E-state index in [0.717, 1.165) is 18.4 Å². The first-order chi connectivity index (χ1) is 13.1. The largest absolute Gasteiger partial charge is 0.377 e. The molecule has 0 aliphatic carbocycles. The van der Waals surface area contributed by atoms with Crippen molar-refractivity contribution in [1.29, 1.82) is 0 Å². The Bertz CT molecular complexity index is 1060. The molecule has 1 N–H and O–H groups in total. The van der Waals surface area contributed by atoms with Gasteiger partial charge in [-0.3, -0.25) is 4.98 Å². The van der Waals surface area contributed by atoms with Crippen molar-refractivity contribution in [3.05, 3.63) is 53.7 Å². The number of ether oxygens (including phenoxy) is 1. The minimum Gasteiger partial charge on any atom is -0.377 e. The fourth-order valence-electron chi connectivity index (χ4n) is 3.45. The van der Waals surface area contributed by atoms with Crippen LogP contribution in [-0.4, -0.2) is 35.3 Å². The van der Waals surface area contributed by atoms with Crippen LogP contribution < -0.4 is 4.72 Å². The molecule has 3 heterocycles. The third kappa shape index (κ3) is 3.85. The third-order valence-corrected chi connectivity index (χ3v) is 5.91. The van der Waals surface area contributed by atoms with Crippen LogP contribution in [-0.2, 0) is 33.7 Å². The number of para-hydroxylation sites is 1. The van der Waals surface area contributed by atoms with Crippen molar-refractivity contribution in [2.45, 2.75) is 37.8 Å². The number of aryl methyl sites for hydroxylation is 1. The van der Waals surface area contributed by atoms with Crippen LogP contribution in [0.2, 0.25) is 0 Å². The fraction of sp³-hybridized carbons (Fsp3) is 0.389. The molecule has 0 saturated heterocycles. The number of benzene rings is 1. The van der Waals surface area contributed by atoms with E-state index in [1.165, 1.54) is 0 Å². The lowest BCUT2D eigenvalue weighted by Crippen LogP contribution is -2.34. The molecule has 3 aromatic rings. The summed E-state index contributed by atoms with van der Waals surface area (Å²) in [7, 11) is -1.99. The van der Waals surface area contributed by atoms with Crippen molar-refractivity contribution in [3.63, 3.8) is 0 Å². The smallest absolute Gasteiger partial charge is 0.216 e. The maximum Gasteiger partial charge on any atom is 0.216 e. The van der Waals surface area contributed by atoms with Crippen molar-refractivity contribution >= 4 is 20.9 Å². The van der Waals surface area contributed by atoms with E-state index in [2.05, 4.69) is 19.8 Å². The standard InChI is InChI=1S/C18H21N5O3S/c1-26-11-16-20-18-15(8-4-10-23(18)21-16)22-27(24,25)12-14-6-2-5-13-7-3-9-19-17(13)14/h2-3,5-7,9,15,22H,4,8,10-12H2,1H3/t15-/m1/s1. The van der Waals surface area contributed by atoms with Crippen molar-refractivity contribution in [1.82, 2.24) is 24.5 Å². The van der Waals surface area contributed by atoms with Gasteiger partial charge in [-0.2, -0.15) is 5.10 Å². The molecule has 9 heteroatoms. The molecule has 2 aromatic heterocycles. The van der Waals surface area contributed by atoms with Gasteiger partial charge in [-0.15, -0.1) is 0 Å². The van der Waals surface area contributed by atoms with Crippen LogP contribution in [0.15, 0.2) is 36.5 Å². The van der Waals surface area contributed by atoms with Gasteiger partial charge >= 0.3 is 0 Å². The van der Waals surface area contributed by atoms with Crippen LogP contribution in [0.1, 0.15) is 36.1 Å². The lowest BCUT2D eigenvalue weighted by molar-refractivity contribution is 0.177. The number of rotatable bonds is 6. The quantitative estimate of drug-likeness (QED) is 0.694. The molecule has 0 bridgehead atoms. The van der Waals surface area contributed by atoms with E-state index in [1.54, 1.807) is 24.1 Å². The Balaban J connectivity index is 1.57. The van der Waals surface area contributed by atoms with E-state index >= 15 is 0 Å². The van der Waals surface area contributed by atoms with E-state index in [4.69, 9.17) is 4.74 Å². The molecule has 8 nitrogen and oxygen atoms in total. The number of hydrogen-bond donors (Lipinski definition) is 1. The SMILES string of the molecule is COCc1nc2n(n1)CCC[C@H]2NS(=O)(=O)Cc1cccc2cccnc12. The van der Waals surface area contributed by atoms with E-state index in [9.17, 15) is 8.42 Å². The van der Waals surface area contributed by atoms with Gasteiger partial charge < -0.3 is 4.74 Å². The molecule has 0 fully saturated rings. The summed E-state index contributed by atoms with van der Waals surface area (Å²) < 4.78 is 35.3. The molecule has 4 rings (SSSR count). The monoisotopic (exact) mass is 387 g/mol. The van der Waals surface area contributed by atoms with Crippen LogP contribution in [0.5, 0.6) is 0 Å². The predicted molar refractivity (Wildman–Crippen MR) is 100 cm³/mol. The van der Waals surface area contributed by atoms with Gasteiger partial charge in [0.2, 0.25) is 10.0 Å². The Morgan fingerprint density at radius 2 is 2.15 bits per heavy atom. The third-order valence-electron chi connectivity index (χ3n) is 4.58. The Labute approximate surface area is 157 Å². The van der Waals surface area contributed by atoms with E-state index in [-0.39, 0.29) is 11.8 Å². The van der Waals surface area contributed by atoms with Gasteiger partial charge in [0.05, 0.1) is 17.3 Å². The molecule has 1 aromatic carbocycles. The predicted octanol–water partition coefficient (Wildman–Crippen LogP) is 1.93. The number of nitrogens with zero attached hydrogens (tertiary/aromatic N) is 4. The maximum absolute atomic E-state index is 12.8. The highest BCUT2D eigenvalue weighted by atomic mass is 32.2. The van der Waals surface area contributed by atoms with Crippen LogP contribution in [0, 0.1) is 0 Å². The molecule has 0 radical (unpaired) electrons. The normalized spacial score (nSPS) is 17.1. The second kappa shape index (κ2) is 7.34. The highest BCUT2D eigenvalue weighted by molar-refractivity contribution is 7.88. The second-order valence-corrected chi connectivity index (χ2v) is 8.36. The van der Waals surface area contributed by atoms with Gasteiger partial charge in [0.25, 0.3) is 0 Å². The molecule has 0 amide bonds. The topological polar surface area (TPSA) is 99.0 Å². The first kappa shape index (κ1) is 18.0. The molecule has 0 unspecified atom stereocenters. The maximum atomic E-state index is 12.8. The van der Waals surface area contributed by atoms with Gasteiger partial charge in [-0.25, -0.2) is 22.8 Å². The summed E-state index contributed by atoms with van der Waals surface area (Å²) in [6.07, 6.45) is 3.21. The summed E-state index contributed by atoms with van der Waals surface area (Å²) in [5.41, 5.74) is 1.39. The number of sulfonamides is 1. The zero-order valence-corrected chi connectivity index (χ0v) is 15.8. The van der Waals surface area contributed by atoms with Gasteiger partial charge in [-0.1, -0.05) is 24.3 Å². The lowest BCUT2D eigenvalue weighted by Gasteiger charge is -2.23. The Hall–Kier alpha value is -2.36. The van der Waals surface area contributed by atoms with E-state index in [1.807, 2.05) is 24.3 Å². The molecular weight excluding hydrogens is 366 g/mol. The average molecular weight is 387 g/mol. The molecule has 0 spiro atoms. The molecule has 0 saturated carbocycles. The van der Waals surface area contributed by atoms with Gasteiger partial charge in [-0.05, 0) is 24.5 Å². The summed E-state index contributed by atoms with van der Waals surface area (Å²) in [6, 6.07) is 8.95. The first-order valence-electron chi connectivity index (χ1n) is 8.81. The van der Waals surface area contributed by atoms with E-state index in [0.29, 0.717) is 35.8 Å². The van der Waals surface area contributed by atoms with E-state index < -0.39 is 10.0 Å². The number of nitrogens with one attached hydrogen (secondary N) is 1. The Morgan fingerprint density at radius 1 is 1.30 bits per heavy atom. The summed E-state index contributed by atoms with van der Waals surface area (Å²) >= 11 is 0. The Kier molecular flexibility index (Phi) is 4.90. The zero-order chi connectivity index (χ0) is 18.9. The molecule has 142 valence electrons. The second-order valence-electron chi connectivity index (χ2n) is 6.61. The summed E-state index contributed by atoms with van der Waals surface area (Å²) in [4.78, 5) is 8.79. The first-order valence-corrected chi connectivity index (χ1v) is 10.5. The molecule has 1 atom stereocenters. The number of fused-ring (bicyclic) bond motifs is 2. The van der Waals surface area contributed by atoms with Crippen molar-refractivity contribution in [3.8, 4) is 0 Å². The Morgan fingerprint density at radius 3 is 3.00 bits per heavy atom. The minimum atomic E-state index is -3.57. The molecule has 1 aliphatic heterocycles. The molecule has 27 heavy (non-hydrogen) atoms. The minimum absolute atomic E-state index is 0.128. The highest BCUT2D eigenvalue weighted by Crippen LogP contribution is 2.25. The number of hydrogen-bond acceptors (Lipinski definition) is 6. The van der Waals surface area contributed by atoms with Crippen LogP contribution in [0.25, 0.3) is 10.9 Å². The highest BCUT2D eigenvalue weighted by Gasteiger charge is 2.28. The summed E-state index contributed by atoms with van der Waals surface area (Å²) in [5, 5.41) is 5.30. The number of pyridine rings is 1. The van der Waals surface area contributed by atoms with Gasteiger partial charge in [0.15, 0.2) is 5.82 Å². The van der Waals surface area contributed by atoms with Gasteiger partial charge in [0.1, 0.15) is 12.4 Å². The average Bonchev–Trinajstić information content (AvgIpc) is 3.06. The summed E-state index contributed by atoms with van der Waals surface area (Å²) in [5.74, 6) is 1.08. The number of aromatic nitrogens is 4. The lowest BCUT2D eigenvalue weighted by atomic mass is 10.1. The number of methoxy groups -OCH3 is 1.